The van der Waals surface area contributed by atoms with E-state index in [2.05, 4.69) is 10.5 Å². The van der Waals surface area contributed by atoms with Crippen LogP contribution in [0.15, 0.2) is 47.6 Å². The zero-order chi connectivity index (χ0) is 19.1. The molecule has 0 heterocycles. The number of non-ortho nitro benzene ring substituents is 1. The van der Waals surface area contributed by atoms with Gasteiger partial charge >= 0.3 is 0 Å². The van der Waals surface area contributed by atoms with Crippen molar-refractivity contribution in [3.63, 3.8) is 0 Å². The topological polar surface area (TPSA) is 137 Å². The highest BCUT2D eigenvalue weighted by atomic mass is 35.5. The van der Waals surface area contributed by atoms with Crippen LogP contribution in [-0.2, 0) is 4.79 Å². The number of hydrogen-bond donors (Lipinski definition) is 2. The highest BCUT2D eigenvalue weighted by molar-refractivity contribution is 6.32. The monoisotopic (exact) mass is 376 g/mol. The van der Waals surface area contributed by atoms with E-state index in [1.165, 1.54) is 36.5 Å². The van der Waals surface area contributed by atoms with E-state index in [4.69, 9.17) is 22.1 Å². The van der Waals surface area contributed by atoms with E-state index < -0.39 is 16.7 Å². The molecular weight excluding hydrogens is 364 g/mol. The molecule has 0 aromatic heterocycles. The lowest BCUT2D eigenvalue weighted by molar-refractivity contribution is -0.384. The van der Waals surface area contributed by atoms with Gasteiger partial charge in [-0.1, -0.05) is 17.7 Å². The fourth-order valence-electron chi connectivity index (χ4n) is 1.85. The number of carbonyl (C=O) groups excluding carboxylic acids is 2. The first-order valence-corrected chi connectivity index (χ1v) is 7.53. The maximum Gasteiger partial charge on any atom is 0.271 e. The summed E-state index contributed by atoms with van der Waals surface area (Å²) < 4.78 is 5.11. The van der Waals surface area contributed by atoms with Crippen LogP contribution in [0.3, 0.4) is 0 Å². The molecule has 2 amide bonds. The minimum Gasteiger partial charge on any atom is -0.482 e. The van der Waals surface area contributed by atoms with Crippen molar-refractivity contribution in [3.05, 3.63) is 68.7 Å². The van der Waals surface area contributed by atoms with Gasteiger partial charge in [-0.25, -0.2) is 5.43 Å². The molecule has 0 aliphatic carbocycles. The Kier molecular flexibility index (Phi) is 6.23. The van der Waals surface area contributed by atoms with Crippen molar-refractivity contribution in [2.45, 2.75) is 0 Å². The first-order valence-electron chi connectivity index (χ1n) is 7.15. The summed E-state index contributed by atoms with van der Waals surface area (Å²) in [6.07, 6.45) is 1.33. The van der Waals surface area contributed by atoms with Crippen molar-refractivity contribution in [3.8, 4) is 5.75 Å². The van der Waals surface area contributed by atoms with Gasteiger partial charge in [0.1, 0.15) is 5.75 Å². The van der Waals surface area contributed by atoms with Gasteiger partial charge < -0.3 is 10.5 Å². The molecule has 9 nitrogen and oxygen atoms in total. The first kappa shape index (κ1) is 18.9. The van der Waals surface area contributed by atoms with Crippen molar-refractivity contribution < 1.29 is 19.2 Å². The Morgan fingerprint density at radius 3 is 2.73 bits per heavy atom. The molecule has 2 rings (SSSR count). The molecule has 134 valence electrons. The van der Waals surface area contributed by atoms with Gasteiger partial charge in [-0.05, 0) is 29.8 Å². The van der Waals surface area contributed by atoms with Crippen LogP contribution < -0.4 is 15.9 Å². The number of carbonyl (C=O) groups is 2. The van der Waals surface area contributed by atoms with Gasteiger partial charge in [0.05, 0.1) is 16.2 Å². The van der Waals surface area contributed by atoms with E-state index in [-0.39, 0.29) is 28.6 Å². The van der Waals surface area contributed by atoms with Crippen molar-refractivity contribution in [1.82, 2.24) is 5.43 Å². The van der Waals surface area contributed by atoms with Crippen LogP contribution in [0.1, 0.15) is 15.9 Å². The van der Waals surface area contributed by atoms with Gasteiger partial charge in [0, 0.05) is 17.7 Å². The largest absolute Gasteiger partial charge is 0.482 e. The van der Waals surface area contributed by atoms with Crippen LogP contribution in [-0.4, -0.2) is 29.6 Å². The second-order valence-corrected chi connectivity index (χ2v) is 5.36. The molecule has 0 saturated heterocycles. The number of nitrogens with two attached hydrogens (primary N) is 1. The average Bonchev–Trinajstić information content (AvgIpc) is 2.60. The standard InChI is InChI=1S/C16H13ClN4O5/c17-13-6-10(4-5-14(13)26-9-15(18)22)8-19-20-16(23)11-2-1-3-12(7-11)21(24)25/h1-8H,9H2,(H2,18,22)(H,20,23)/b19-8+. The number of primary amides is 1. The lowest BCUT2D eigenvalue weighted by Crippen LogP contribution is -2.20. The quantitative estimate of drug-likeness (QED) is 0.431. The van der Waals surface area contributed by atoms with E-state index >= 15 is 0 Å². The SMILES string of the molecule is NC(=O)COc1ccc(/C=N/NC(=O)c2cccc([N+](=O)[O-])c2)cc1Cl. The summed E-state index contributed by atoms with van der Waals surface area (Å²) >= 11 is 6.01. The molecular formula is C16H13ClN4O5. The minimum atomic E-state index is -0.629. The molecule has 10 heteroatoms. The molecule has 0 bridgehead atoms. The number of ether oxygens (including phenoxy) is 1. The molecule has 0 radical (unpaired) electrons. The predicted octanol–water partition coefficient (Wildman–Crippen LogP) is 1.88. The van der Waals surface area contributed by atoms with E-state index in [0.717, 1.165) is 6.07 Å². The average molecular weight is 377 g/mol. The summed E-state index contributed by atoms with van der Waals surface area (Å²) in [5, 5.41) is 14.7. The number of nitro groups is 1. The summed E-state index contributed by atoms with van der Waals surface area (Å²) in [6.45, 7) is -0.299. The zero-order valence-corrected chi connectivity index (χ0v) is 14.0. The van der Waals surface area contributed by atoms with Crippen LogP contribution in [0.4, 0.5) is 5.69 Å². The Labute approximate surface area is 152 Å². The Morgan fingerprint density at radius 1 is 1.31 bits per heavy atom. The lowest BCUT2D eigenvalue weighted by Gasteiger charge is -2.06. The summed E-state index contributed by atoms with van der Waals surface area (Å²) in [5.41, 5.74) is 7.71. The summed E-state index contributed by atoms with van der Waals surface area (Å²) in [4.78, 5) is 32.7. The molecule has 0 unspecified atom stereocenters. The summed E-state index contributed by atoms with van der Waals surface area (Å²) in [5.74, 6) is -0.948. The van der Waals surface area contributed by atoms with Crippen LogP contribution in [0.25, 0.3) is 0 Å². The fourth-order valence-corrected chi connectivity index (χ4v) is 2.10. The van der Waals surface area contributed by atoms with Gasteiger partial charge in [0.15, 0.2) is 6.61 Å². The Bertz CT molecular complexity index is 885. The van der Waals surface area contributed by atoms with Crippen LogP contribution >= 0.6 is 11.6 Å². The maximum absolute atomic E-state index is 11.9. The zero-order valence-electron chi connectivity index (χ0n) is 13.2. The Hall–Kier alpha value is -3.46. The van der Waals surface area contributed by atoms with Crippen molar-refractivity contribution in [2.24, 2.45) is 10.8 Å². The molecule has 0 aliphatic heterocycles. The van der Waals surface area contributed by atoms with Crippen molar-refractivity contribution >= 4 is 35.3 Å². The lowest BCUT2D eigenvalue weighted by atomic mass is 10.2. The number of nitro benzene ring substituents is 1. The number of nitrogens with one attached hydrogen (secondary N) is 1. The molecule has 0 fully saturated rings. The van der Waals surface area contributed by atoms with Crippen LogP contribution in [0, 0.1) is 10.1 Å². The number of rotatable bonds is 7. The minimum absolute atomic E-state index is 0.101. The molecule has 0 saturated carbocycles. The fraction of sp³-hybridized carbons (Fsp3) is 0.0625. The second-order valence-electron chi connectivity index (χ2n) is 4.95. The van der Waals surface area contributed by atoms with E-state index in [1.54, 1.807) is 6.07 Å². The second kappa shape index (κ2) is 8.58. The number of nitrogens with zero attached hydrogens (tertiary/aromatic N) is 2. The highest BCUT2D eigenvalue weighted by Crippen LogP contribution is 2.24. The highest BCUT2D eigenvalue weighted by Gasteiger charge is 2.10. The third-order valence-electron chi connectivity index (χ3n) is 3.02. The molecule has 26 heavy (non-hydrogen) atoms. The molecule has 2 aromatic rings. The smallest absolute Gasteiger partial charge is 0.271 e. The predicted molar refractivity (Wildman–Crippen MR) is 94.3 cm³/mol. The third-order valence-corrected chi connectivity index (χ3v) is 3.32. The molecule has 3 N–H and O–H groups in total. The van der Waals surface area contributed by atoms with Crippen molar-refractivity contribution in [2.75, 3.05) is 6.61 Å². The normalized spacial score (nSPS) is 10.5. The Morgan fingerprint density at radius 2 is 2.08 bits per heavy atom. The maximum atomic E-state index is 11.9. The van der Waals surface area contributed by atoms with E-state index in [0.29, 0.717) is 5.56 Å². The molecule has 2 aromatic carbocycles. The van der Waals surface area contributed by atoms with Gasteiger partial charge in [-0.15, -0.1) is 0 Å². The number of amides is 2. The van der Waals surface area contributed by atoms with Crippen LogP contribution in [0.5, 0.6) is 5.75 Å². The van der Waals surface area contributed by atoms with E-state index in [1.807, 2.05) is 0 Å². The third kappa shape index (κ3) is 5.28. The molecule has 0 atom stereocenters. The van der Waals surface area contributed by atoms with Gasteiger partial charge in [0.2, 0.25) is 0 Å². The summed E-state index contributed by atoms with van der Waals surface area (Å²) in [7, 11) is 0. The van der Waals surface area contributed by atoms with Crippen molar-refractivity contribution in [1.29, 1.82) is 0 Å². The van der Waals surface area contributed by atoms with Gasteiger partial charge in [-0.2, -0.15) is 5.10 Å². The van der Waals surface area contributed by atoms with Gasteiger partial charge in [-0.3, -0.25) is 19.7 Å². The first-order chi connectivity index (χ1) is 12.4. The van der Waals surface area contributed by atoms with Gasteiger partial charge in [0.25, 0.3) is 17.5 Å². The number of hydrogen-bond acceptors (Lipinski definition) is 6. The van der Waals surface area contributed by atoms with Crippen LogP contribution in [0.2, 0.25) is 5.02 Å². The molecule has 0 spiro atoms. The summed E-state index contributed by atoms with van der Waals surface area (Å²) in [6, 6.07) is 9.90. The number of hydrazone groups is 1. The van der Waals surface area contributed by atoms with E-state index in [9.17, 15) is 19.7 Å². The number of halogens is 1. The number of benzene rings is 2. The molecule has 0 aliphatic rings. The Balaban J connectivity index is 2.00.